The van der Waals surface area contributed by atoms with Gasteiger partial charge in [0.25, 0.3) is 0 Å². The third kappa shape index (κ3) is 2.28. The summed E-state index contributed by atoms with van der Waals surface area (Å²) in [7, 11) is 0. The van der Waals surface area contributed by atoms with Gasteiger partial charge >= 0.3 is 0 Å². The van der Waals surface area contributed by atoms with E-state index in [4.69, 9.17) is 0 Å². The first-order valence-corrected chi connectivity index (χ1v) is 6.39. The summed E-state index contributed by atoms with van der Waals surface area (Å²) in [6.45, 7) is 0. The minimum absolute atomic E-state index is 0.0823. The molecule has 0 saturated carbocycles. The summed E-state index contributed by atoms with van der Waals surface area (Å²) in [6, 6.07) is 21.5. The highest BCUT2D eigenvalue weighted by Gasteiger charge is 2.10. The van der Waals surface area contributed by atoms with Crippen LogP contribution in [0.25, 0.3) is 22.3 Å². The molecule has 3 aromatic carbocycles. The second-order valence-corrected chi connectivity index (χ2v) is 4.58. The van der Waals surface area contributed by atoms with Crippen LogP contribution in [0.3, 0.4) is 0 Å². The van der Waals surface area contributed by atoms with Gasteiger partial charge in [-0.2, -0.15) is 0 Å². The van der Waals surface area contributed by atoms with E-state index in [1.165, 1.54) is 6.07 Å². The SMILES string of the molecule is Oc1ccccc1-c1ccc(-c2ccccc2)cc1F. The van der Waals surface area contributed by atoms with E-state index in [1.54, 1.807) is 30.3 Å². The number of aromatic hydroxyl groups is 1. The number of halogens is 1. The van der Waals surface area contributed by atoms with Crippen molar-refractivity contribution in [2.24, 2.45) is 0 Å². The Morgan fingerprint density at radius 2 is 1.35 bits per heavy atom. The summed E-state index contributed by atoms with van der Waals surface area (Å²) in [5.74, 6) is -0.258. The molecule has 0 unspecified atom stereocenters. The van der Waals surface area contributed by atoms with E-state index in [9.17, 15) is 9.50 Å². The molecule has 0 radical (unpaired) electrons. The summed E-state index contributed by atoms with van der Waals surface area (Å²) in [5.41, 5.74) is 2.70. The number of phenolic OH excluding ortho intramolecular Hbond substituents is 1. The van der Waals surface area contributed by atoms with Crippen molar-refractivity contribution in [1.82, 2.24) is 0 Å². The molecule has 3 rings (SSSR count). The van der Waals surface area contributed by atoms with E-state index in [2.05, 4.69) is 0 Å². The van der Waals surface area contributed by atoms with Crippen LogP contribution < -0.4 is 0 Å². The highest BCUT2D eigenvalue weighted by atomic mass is 19.1. The van der Waals surface area contributed by atoms with Gasteiger partial charge in [0.1, 0.15) is 11.6 Å². The maximum atomic E-state index is 14.3. The van der Waals surface area contributed by atoms with Crippen LogP contribution in [-0.4, -0.2) is 5.11 Å². The van der Waals surface area contributed by atoms with E-state index < -0.39 is 0 Å². The Labute approximate surface area is 117 Å². The fourth-order valence-electron chi connectivity index (χ4n) is 2.25. The van der Waals surface area contributed by atoms with Crippen LogP contribution >= 0.6 is 0 Å². The molecule has 0 atom stereocenters. The fourth-order valence-corrected chi connectivity index (χ4v) is 2.25. The number of phenols is 1. The summed E-state index contributed by atoms with van der Waals surface area (Å²) in [4.78, 5) is 0. The molecular weight excluding hydrogens is 251 g/mol. The first-order valence-electron chi connectivity index (χ1n) is 6.39. The summed E-state index contributed by atoms with van der Waals surface area (Å²) < 4.78 is 14.3. The molecular formula is C18H13FO. The zero-order valence-electron chi connectivity index (χ0n) is 10.8. The van der Waals surface area contributed by atoms with Crippen LogP contribution in [0.2, 0.25) is 0 Å². The van der Waals surface area contributed by atoms with Gasteiger partial charge < -0.3 is 5.11 Å². The largest absolute Gasteiger partial charge is 0.507 e. The van der Waals surface area contributed by atoms with E-state index in [0.29, 0.717) is 11.1 Å². The standard InChI is InChI=1S/C18H13FO/c19-17-12-14(13-6-2-1-3-7-13)10-11-15(17)16-8-4-5-9-18(16)20/h1-12,20H. The minimum Gasteiger partial charge on any atom is -0.507 e. The normalized spacial score (nSPS) is 10.4. The third-order valence-electron chi connectivity index (χ3n) is 3.27. The van der Waals surface area contributed by atoms with Gasteiger partial charge in [-0.3, -0.25) is 0 Å². The average Bonchev–Trinajstić information content (AvgIpc) is 2.49. The Bertz CT molecular complexity index is 735. The van der Waals surface area contributed by atoms with Gasteiger partial charge in [0.05, 0.1) is 0 Å². The van der Waals surface area contributed by atoms with E-state index in [1.807, 2.05) is 36.4 Å². The van der Waals surface area contributed by atoms with E-state index in [-0.39, 0.29) is 11.6 Å². The Balaban J connectivity index is 2.07. The Hall–Kier alpha value is -2.61. The molecule has 0 fully saturated rings. The maximum absolute atomic E-state index is 14.3. The molecule has 1 N–H and O–H groups in total. The second-order valence-electron chi connectivity index (χ2n) is 4.58. The molecule has 0 saturated heterocycles. The van der Waals surface area contributed by atoms with Crippen molar-refractivity contribution in [3.8, 4) is 28.0 Å². The first-order chi connectivity index (χ1) is 9.75. The topological polar surface area (TPSA) is 20.2 Å². The van der Waals surface area contributed by atoms with Crippen molar-refractivity contribution in [1.29, 1.82) is 0 Å². The first kappa shape index (κ1) is 12.4. The van der Waals surface area contributed by atoms with Crippen molar-refractivity contribution in [3.63, 3.8) is 0 Å². The summed E-state index contributed by atoms with van der Waals surface area (Å²) in [5, 5.41) is 9.81. The van der Waals surface area contributed by atoms with Gasteiger partial charge in [-0.1, -0.05) is 60.7 Å². The zero-order chi connectivity index (χ0) is 13.9. The molecule has 20 heavy (non-hydrogen) atoms. The molecule has 98 valence electrons. The lowest BCUT2D eigenvalue weighted by molar-refractivity contribution is 0.476. The maximum Gasteiger partial charge on any atom is 0.131 e. The molecule has 0 aliphatic rings. The van der Waals surface area contributed by atoms with Gasteiger partial charge in [0.2, 0.25) is 0 Å². The van der Waals surface area contributed by atoms with Crippen LogP contribution in [0.15, 0.2) is 72.8 Å². The Morgan fingerprint density at radius 1 is 0.650 bits per heavy atom. The van der Waals surface area contributed by atoms with Crippen LogP contribution in [0.5, 0.6) is 5.75 Å². The number of para-hydroxylation sites is 1. The Morgan fingerprint density at radius 3 is 2.05 bits per heavy atom. The molecule has 0 aliphatic carbocycles. The lowest BCUT2D eigenvalue weighted by atomic mass is 9.99. The number of hydrogen-bond donors (Lipinski definition) is 1. The van der Waals surface area contributed by atoms with Crippen molar-refractivity contribution in [3.05, 3.63) is 78.6 Å². The molecule has 0 aliphatic heterocycles. The highest BCUT2D eigenvalue weighted by molar-refractivity contribution is 5.74. The van der Waals surface area contributed by atoms with Crippen LogP contribution in [0, 0.1) is 5.82 Å². The lowest BCUT2D eigenvalue weighted by Gasteiger charge is -2.08. The molecule has 3 aromatic rings. The predicted molar refractivity (Wildman–Crippen MR) is 78.9 cm³/mol. The fraction of sp³-hybridized carbons (Fsp3) is 0. The monoisotopic (exact) mass is 264 g/mol. The molecule has 0 bridgehead atoms. The zero-order valence-corrected chi connectivity index (χ0v) is 10.8. The van der Waals surface area contributed by atoms with Crippen LogP contribution in [0.1, 0.15) is 0 Å². The molecule has 0 spiro atoms. The highest BCUT2D eigenvalue weighted by Crippen LogP contribution is 2.32. The quantitative estimate of drug-likeness (QED) is 0.700. The minimum atomic E-state index is -0.340. The predicted octanol–water partition coefficient (Wildman–Crippen LogP) is 4.87. The van der Waals surface area contributed by atoms with Crippen molar-refractivity contribution in [2.45, 2.75) is 0 Å². The van der Waals surface area contributed by atoms with E-state index in [0.717, 1.165) is 11.1 Å². The van der Waals surface area contributed by atoms with Gasteiger partial charge in [0, 0.05) is 11.1 Å². The lowest BCUT2D eigenvalue weighted by Crippen LogP contribution is -1.87. The molecule has 0 heterocycles. The molecule has 1 nitrogen and oxygen atoms in total. The van der Waals surface area contributed by atoms with Crippen molar-refractivity contribution < 1.29 is 9.50 Å². The van der Waals surface area contributed by atoms with E-state index >= 15 is 0 Å². The van der Waals surface area contributed by atoms with Crippen LogP contribution in [-0.2, 0) is 0 Å². The van der Waals surface area contributed by atoms with Gasteiger partial charge in [-0.15, -0.1) is 0 Å². The molecule has 2 heteroatoms. The third-order valence-corrected chi connectivity index (χ3v) is 3.27. The van der Waals surface area contributed by atoms with Crippen molar-refractivity contribution >= 4 is 0 Å². The van der Waals surface area contributed by atoms with Crippen LogP contribution in [0.4, 0.5) is 4.39 Å². The summed E-state index contributed by atoms with van der Waals surface area (Å²) in [6.07, 6.45) is 0. The number of rotatable bonds is 2. The van der Waals surface area contributed by atoms with Gasteiger partial charge in [0.15, 0.2) is 0 Å². The number of benzene rings is 3. The molecule has 0 aromatic heterocycles. The second kappa shape index (κ2) is 5.17. The van der Waals surface area contributed by atoms with Crippen molar-refractivity contribution in [2.75, 3.05) is 0 Å². The smallest absolute Gasteiger partial charge is 0.131 e. The van der Waals surface area contributed by atoms with Gasteiger partial charge in [-0.05, 0) is 23.3 Å². The Kier molecular flexibility index (Phi) is 3.21. The summed E-state index contributed by atoms with van der Waals surface area (Å²) >= 11 is 0. The average molecular weight is 264 g/mol. The number of hydrogen-bond acceptors (Lipinski definition) is 1. The molecule has 0 amide bonds. The van der Waals surface area contributed by atoms with Gasteiger partial charge in [-0.25, -0.2) is 4.39 Å².